The van der Waals surface area contributed by atoms with Crippen LogP contribution in [-0.2, 0) is 38.0 Å². The molecule has 8 nitrogen and oxygen atoms in total. The van der Waals surface area contributed by atoms with E-state index in [-0.39, 0.29) is 5.41 Å². The molecule has 12 rings (SSSR count). The first-order valence-corrected chi connectivity index (χ1v) is 25.5. The smallest absolute Gasteiger partial charge is 0.161 e. The topological polar surface area (TPSA) is 49.9 Å². The summed E-state index contributed by atoms with van der Waals surface area (Å²) in [6.45, 7) is 11.1. The van der Waals surface area contributed by atoms with Crippen molar-refractivity contribution in [2.45, 2.75) is 128 Å². The number of rotatable bonds is 8. The van der Waals surface area contributed by atoms with Crippen molar-refractivity contribution in [2.24, 2.45) is 0 Å². The molecule has 6 aromatic rings. The van der Waals surface area contributed by atoms with Gasteiger partial charge < -0.3 is 28.7 Å². The summed E-state index contributed by atoms with van der Waals surface area (Å²) < 4.78 is 24.5. The van der Waals surface area contributed by atoms with Crippen molar-refractivity contribution in [1.82, 2.24) is 9.80 Å². The molecule has 4 heterocycles. The van der Waals surface area contributed by atoms with Gasteiger partial charge >= 0.3 is 0 Å². The lowest BCUT2D eigenvalue weighted by Gasteiger charge is -2.38. The first-order valence-electron chi connectivity index (χ1n) is 25.5. The van der Waals surface area contributed by atoms with E-state index in [1.807, 2.05) is 12.1 Å². The highest BCUT2D eigenvalue weighted by atomic mass is 16.5. The maximum atomic E-state index is 6.21. The second-order valence-corrected chi connectivity index (χ2v) is 20.6. The average Bonchev–Trinajstić information content (AvgIpc) is 3.41. The highest BCUT2D eigenvalue weighted by molar-refractivity contribution is 5.53. The van der Waals surface area contributed by atoms with Gasteiger partial charge in [-0.05, 0) is 127 Å². The maximum absolute atomic E-state index is 6.21. The van der Waals surface area contributed by atoms with Gasteiger partial charge in [-0.2, -0.15) is 0 Å². The number of hydrogen-bond acceptors (Lipinski definition) is 8. The summed E-state index contributed by atoms with van der Waals surface area (Å²) in [4.78, 5) is 9.66. The number of fused-ring (bicyclic) bond motifs is 4. The largest absolute Gasteiger partial charge is 0.478 e. The lowest BCUT2D eigenvalue weighted by molar-refractivity contribution is 0.0402. The molecule has 0 amide bonds. The van der Waals surface area contributed by atoms with Crippen LogP contribution in [0.15, 0.2) is 133 Å². The van der Waals surface area contributed by atoms with Gasteiger partial charge in [-0.25, -0.2) is 0 Å². The van der Waals surface area contributed by atoms with Gasteiger partial charge in [0.05, 0.1) is 0 Å². The molecule has 8 heteroatoms. The third kappa shape index (κ3) is 9.81. The summed E-state index contributed by atoms with van der Waals surface area (Å²) in [7, 11) is 0. The zero-order valence-electron chi connectivity index (χ0n) is 40.2. The summed E-state index contributed by atoms with van der Waals surface area (Å²) in [6, 6.07) is 49.2. The fourth-order valence-corrected chi connectivity index (χ4v) is 11.5. The monoisotopic (exact) mass is 909 g/mol. The van der Waals surface area contributed by atoms with Gasteiger partial charge in [0.25, 0.3) is 0 Å². The van der Waals surface area contributed by atoms with Crippen molar-refractivity contribution in [3.05, 3.63) is 178 Å². The molecule has 0 saturated heterocycles. The van der Waals surface area contributed by atoms with Crippen LogP contribution < -0.4 is 28.7 Å². The molecule has 68 heavy (non-hydrogen) atoms. The Labute approximate surface area is 404 Å². The van der Waals surface area contributed by atoms with E-state index in [9.17, 15) is 0 Å². The van der Waals surface area contributed by atoms with Gasteiger partial charge in [0, 0.05) is 77.3 Å². The van der Waals surface area contributed by atoms with Crippen LogP contribution in [0.25, 0.3) is 0 Å². The second-order valence-electron chi connectivity index (χ2n) is 20.6. The zero-order valence-corrected chi connectivity index (χ0v) is 40.2. The van der Waals surface area contributed by atoms with Crippen molar-refractivity contribution >= 4 is 11.4 Å². The Bertz CT molecular complexity index is 2480. The fraction of sp³-hybridized carbons (Fsp3) is 0.400. The van der Waals surface area contributed by atoms with Crippen LogP contribution in [0.5, 0.6) is 23.0 Å². The van der Waals surface area contributed by atoms with Crippen molar-refractivity contribution in [3.63, 3.8) is 0 Å². The van der Waals surface area contributed by atoms with E-state index in [0.29, 0.717) is 25.5 Å². The minimum atomic E-state index is -0.0791. The Morgan fingerprint density at radius 1 is 0.412 bits per heavy atom. The van der Waals surface area contributed by atoms with Crippen LogP contribution in [0, 0.1) is 0 Å². The molecule has 0 spiro atoms. The molecule has 0 aromatic heterocycles. The average molecular weight is 909 g/mol. The molecular formula is C60H68N4O4. The standard InChI is InChI=1S/C31H42N2O2.C29H26N2O2/c1-31(2,25-13-15-29-23(17-25)19-32(21-34-29)27-9-5-3-6-10-27)26-14-16-30-24(18-26)20-33(22-35-30)28-11-7-4-8-12-28;1-3-7-26(8-4-1)30-18-24-16-22(11-13-28(24)32-20-30)15-23-12-14-29-25(17-23)19-31(21-33-29)27-9-5-2-6-10-27/h13-18,27-28H,3-12,19-22H2,1-2H3;1-14,16-17H,15,18-21H2. The minimum absolute atomic E-state index is 0.0791. The Kier molecular flexibility index (Phi) is 13.1. The first-order chi connectivity index (χ1) is 33.4. The SMILES string of the molecule is CC(C)(c1ccc2c(c1)CN(C1CCCCC1)CO2)c1ccc2c(c1)CN(C1CCCCC1)CO2.c1ccc(N2COc3ccc(Cc4ccc5c(c4)CN(c4ccccc4)CO5)cc3C2)cc1. The van der Waals surface area contributed by atoms with Crippen LogP contribution >= 0.6 is 0 Å². The number of nitrogens with zero attached hydrogens (tertiary/aromatic N) is 4. The summed E-state index contributed by atoms with van der Waals surface area (Å²) >= 11 is 0. The quantitative estimate of drug-likeness (QED) is 0.150. The van der Waals surface area contributed by atoms with Gasteiger partial charge in [0.1, 0.15) is 36.5 Å². The molecule has 2 saturated carbocycles. The van der Waals surface area contributed by atoms with E-state index >= 15 is 0 Å². The molecular weight excluding hydrogens is 841 g/mol. The van der Waals surface area contributed by atoms with E-state index in [4.69, 9.17) is 18.9 Å². The third-order valence-electron chi connectivity index (χ3n) is 15.6. The van der Waals surface area contributed by atoms with Gasteiger partial charge in [-0.3, -0.25) is 9.80 Å². The Balaban J connectivity index is 0.000000149. The number of hydrogen-bond donors (Lipinski definition) is 0. The van der Waals surface area contributed by atoms with Crippen molar-refractivity contribution < 1.29 is 18.9 Å². The predicted octanol–water partition coefficient (Wildman–Crippen LogP) is 13.0. The molecule has 0 bridgehead atoms. The first kappa shape index (κ1) is 44.5. The summed E-state index contributed by atoms with van der Waals surface area (Å²) in [5, 5.41) is 0. The molecule has 2 aliphatic carbocycles. The molecule has 6 aromatic carbocycles. The number of ether oxygens (including phenoxy) is 4. The molecule has 352 valence electrons. The van der Waals surface area contributed by atoms with Gasteiger partial charge in [0.2, 0.25) is 0 Å². The second kappa shape index (κ2) is 19.9. The summed E-state index contributed by atoms with van der Waals surface area (Å²) in [5.74, 6) is 4.11. The van der Waals surface area contributed by atoms with Crippen LogP contribution in [-0.4, -0.2) is 48.8 Å². The Morgan fingerprint density at radius 2 is 0.794 bits per heavy atom. The summed E-state index contributed by atoms with van der Waals surface area (Å²) in [6.07, 6.45) is 14.4. The predicted molar refractivity (Wildman–Crippen MR) is 273 cm³/mol. The number of para-hydroxylation sites is 2. The number of anilines is 2. The Hall–Kier alpha value is -5.96. The molecule has 0 atom stereocenters. The van der Waals surface area contributed by atoms with Crippen LogP contribution in [0.4, 0.5) is 11.4 Å². The molecule has 2 fully saturated rings. The van der Waals surface area contributed by atoms with Crippen LogP contribution in [0.2, 0.25) is 0 Å². The molecule has 0 radical (unpaired) electrons. The van der Waals surface area contributed by atoms with Crippen molar-refractivity contribution in [1.29, 1.82) is 0 Å². The van der Waals surface area contributed by atoms with Crippen LogP contribution in [0.3, 0.4) is 0 Å². The fourth-order valence-electron chi connectivity index (χ4n) is 11.5. The zero-order chi connectivity index (χ0) is 45.9. The lowest BCUT2D eigenvalue weighted by Crippen LogP contribution is -2.41. The van der Waals surface area contributed by atoms with E-state index in [1.165, 1.54) is 120 Å². The van der Waals surface area contributed by atoms with Gasteiger partial charge in [-0.1, -0.05) is 113 Å². The minimum Gasteiger partial charge on any atom is -0.478 e. The maximum Gasteiger partial charge on any atom is 0.161 e. The molecule has 0 unspecified atom stereocenters. The van der Waals surface area contributed by atoms with E-state index in [0.717, 1.165) is 69.1 Å². The van der Waals surface area contributed by atoms with Gasteiger partial charge in [-0.15, -0.1) is 0 Å². The molecule has 0 N–H and O–H groups in total. The van der Waals surface area contributed by atoms with Gasteiger partial charge in [0.15, 0.2) is 13.5 Å². The lowest BCUT2D eigenvalue weighted by atomic mass is 9.77. The van der Waals surface area contributed by atoms with Crippen molar-refractivity contribution in [2.75, 3.05) is 36.7 Å². The van der Waals surface area contributed by atoms with Crippen molar-refractivity contribution in [3.8, 4) is 23.0 Å². The van der Waals surface area contributed by atoms with E-state index < -0.39 is 0 Å². The normalized spacial score (nSPS) is 18.8. The molecule has 6 aliphatic rings. The highest BCUT2D eigenvalue weighted by Crippen LogP contribution is 2.40. The third-order valence-corrected chi connectivity index (χ3v) is 15.6. The van der Waals surface area contributed by atoms with E-state index in [1.54, 1.807) is 0 Å². The Morgan fingerprint density at radius 3 is 1.22 bits per heavy atom. The molecule has 4 aliphatic heterocycles. The number of benzene rings is 6. The highest BCUT2D eigenvalue weighted by Gasteiger charge is 2.32. The van der Waals surface area contributed by atoms with Crippen LogP contribution in [0.1, 0.15) is 123 Å². The summed E-state index contributed by atoms with van der Waals surface area (Å²) in [5.41, 5.74) is 12.8. The van der Waals surface area contributed by atoms with E-state index in [2.05, 4.69) is 155 Å².